The molecule has 6 heteroatoms. The van der Waals surface area contributed by atoms with Crippen LogP contribution in [0.25, 0.3) is 21.9 Å². The molecular weight excluding hydrogens is 326 g/mol. The van der Waals surface area contributed by atoms with Crippen LogP contribution in [0.15, 0.2) is 48.5 Å². The van der Waals surface area contributed by atoms with E-state index in [1.807, 2.05) is 54.4 Å². The lowest BCUT2D eigenvalue weighted by Crippen LogP contribution is -2.32. The highest BCUT2D eigenvalue weighted by Crippen LogP contribution is 2.34. The Morgan fingerprint density at radius 1 is 1.15 bits per heavy atom. The van der Waals surface area contributed by atoms with Crippen molar-refractivity contribution in [2.24, 2.45) is 7.05 Å². The summed E-state index contributed by atoms with van der Waals surface area (Å²) in [6, 6.07) is 15.8. The number of nitrogens with zero attached hydrogens (tertiary/aromatic N) is 4. The van der Waals surface area contributed by atoms with Gasteiger partial charge in [-0.15, -0.1) is 0 Å². The number of H-pyrrole nitrogens is 1. The summed E-state index contributed by atoms with van der Waals surface area (Å²) in [5.74, 6) is 0.911. The highest BCUT2D eigenvalue weighted by Gasteiger charge is 2.35. The van der Waals surface area contributed by atoms with Crippen molar-refractivity contribution in [2.45, 2.75) is 18.9 Å². The third-order valence-electron chi connectivity index (χ3n) is 5.31. The maximum atomic E-state index is 13.2. The molecule has 2 aromatic heterocycles. The Bertz CT molecular complexity index is 1130. The lowest BCUT2D eigenvalue weighted by molar-refractivity contribution is 0.0724. The normalized spacial score (nSPS) is 17.4. The summed E-state index contributed by atoms with van der Waals surface area (Å²) in [7, 11) is 2.02. The molecule has 130 valence electrons. The predicted molar refractivity (Wildman–Crippen MR) is 99.8 cm³/mol. The van der Waals surface area contributed by atoms with Gasteiger partial charge in [-0.25, -0.2) is 4.98 Å². The number of hydrogen-bond donors (Lipinski definition) is 1. The number of fused-ring (bicyclic) bond motifs is 2. The van der Waals surface area contributed by atoms with Crippen LogP contribution in [0.4, 0.5) is 0 Å². The molecule has 1 saturated heterocycles. The van der Waals surface area contributed by atoms with Crippen molar-refractivity contribution in [3.05, 3.63) is 60.0 Å². The molecule has 2 aromatic carbocycles. The summed E-state index contributed by atoms with van der Waals surface area (Å²) in [4.78, 5) is 20.0. The zero-order chi connectivity index (χ0) is 17.7. The van der Waals surface area contributed by atoms with Gasteiger partial charge in [0.1, 0.15) is 5.82 Å². The molecule has 0 aliphatic carbocycles. The number of para-hydroxylation sites is 3. The topological polar surface area (TPSA) is 66.8 Å². The molecule has 1 amide bonds. The van der Waals surface area contributed by atoms with Gasteiger partial charge >= 0.3 is 0 Å². The number of nitrogens with one attached hydrogen (secondary N) is 1. The van der Waals surface area contributed by atoms with Crippen molar-refractivity contribution in [1.29, 1.82) is 0 Å². The second kappa shape index (κ2) is 5.69. The maximum absolute atomic E-state index is 13.2. The number of rotatable bonds is 2. The highest BCUT2D eigenvalue weighted by atomic mass is 16.2. The number of aromatic nitrogens is 4. The van der Waals surface area contributed by atoms with E-state index < -0.39 is 0 Å². The Morgan fingerprint density at radius 3 is 2.85 bits per heavy atom. The van der Waals surface area contributed by atoms with E-state index in [9.17, 15) is 4.79 Å². The Hall–Kier alpha value is -3.15. The first-order valence-corrected chi connectivity index (χ1v) is 8.89. The molecule has 6 nitrogen and oxygen atoms in total. The lowest BCUT2D eigenvalue weighted by Gasteiger charge is -2.23. The van der Waals surface area contributed by atoms with Gasteiger partial charge < -0.3 is 9.47 Å². The number of hydrogen-bond acceptors (Lipinski definition) is 3. The largest absolute Gasteiger partial charge is 0.329 e. The average molecular weight is 345 g/mol. The van der Waals surface area contributed by atoms with E-state index in [1.54, 1.807) is 0 Å². The van der Waals surface area contributed by atoms with Gasteiger partial charge in [0.15, 0.2) is 5.69 Å². The van der Waals surface area contributed by atoms with E-state index in [4.69, 9.17) is 4.98 Å². The van der Waals surface area contributed by atoms with E-state index in [0.29, 0.717) is 5.69 Å². The summed E-state index contributed by atoms with van der Waals surface area (Å²) < 4.78 is 2.11. The summed E-state index contributed by atoms with van der Waals surface area (Å²) >= 11 is 0. The van der Waals surface area contributed by atoms with Crippen molar-refractivity contribution in [1.82, 2.24) is 24.6 Å². The van der Waals surface area contributed by atoms with Crippen LogP contribution in [0.2, 0.25) is 0 Å². The Morgan fingerprint density at radius 2 is 1.96 bits per heavy atom. The lowest BCUT2D eigenvalue weighted by atomic mass is 10.1. The number of benzene rings is 2. The van der Waals surface area contributed by atoms with Gasteiger partial charge in [-0.1, -0.05) is 30.3 Å². The predicted octanol–water partition coefficient (Wildman–Crippen LogP) is 3.43. The SMILES string of the molecule is Cn1c([C@@H]2CCCN2C(=O)c2n[nH]c3ccccc23)nc2ccccc21. The molecule has 0 spiro atoms. The standard InChI is InChI=1S/C20H19N5O/c1-24-16-10-5-4-9-15(16)21-19(24)17-11-6-12-25(17)20(26)18-13-7-2-3-8-14(13)22-23-18/h2-5,7-10,17H,6,11-12H2,1H3,(H,22,23)/t17-/m0/s1. The van der Waals surface area contributed by atoms with E-state index in [0.717, 1.165) is 47.1 Å². The van der Waals surface area contributed by atoms with Crippen LogP contribution in [0.3, 0.4) is 0 Å². The number of imidazole rings is 1. The summed E-state index contributed by atoms with van der Waals surface area (Å²) in [6.45, 7) is 0.730. The van der Waals surface area contributed by atoms with Gasteiger partial charge in [0.2, 0.25) is 0 Å². The van der Waals surface area contributed by atoms with Gasteiger partial charge in [-0.3, -0.25) is 9.89 Å². The smallest absolute Gasteiger partial charge is 0.275 e. The third kappa shape index (κ3) is 2.15. The van der Waals surface area contributed by atoms with Crippen molar-refractivity contribution in [3.63, 3.8) is 0 Å². The number of aryl methyl sites for hydroxylation is 1. The maximum Gasteiger partial charge on any atom is 0.275 e. The zero-order valence-corrected chi connectivity index (χ0v) is 14.5. The number of likely N-dealkylation sites (tertiary alicyclic amines) is 1. The van der Waals surface area contributed by atoms with Crippen molar-refractivity contribution in [2.75, 3.05) is 6.54 Å². The quantitative estimate of drug-likeness (QED) is 0.605. The minimum Gasteiger partial charge on any atom is -0.329 e. The number of aromatic amines is 1. The molecule has 1 atom stereocenters. The van der Waals surface area contributed by atoms with Crippen LogP contribution < -0.4 is 0 Å². The first-order valence-electron chi connectivity index (χ1n) is 8.89. The average Bonchev–Trinajstić information content (AvgIpc) is 3.38. The minimum absolute atomic E-state index is 0.0182. The molecule has 1 fully saturated rings. The van der Waals surface area contributed by atoms with Crippen molar-refractivity contribution in [3.8, 4) is 0 Å². The van der Waals surface area contributed by atoms with E-state index >= 15 is 0 Å². The Kier molecular flexibility index (Phi) is 3.31. The second-order valence-electron chi connectivity index (χ2n) is 6.79. The van der Waals surface area contributed by atoms with E-state index in [2.05, 4.69) is 20.8 Å². The van der Waals surface area contributed by atoms with E-state index in [1.165, 1.54) is 0 Å². The molecule has 0 saturated carbocycles. The summed E-state index contributed by atoms with van der Waals surface area (Å²) in [5, 5.41) is 8.12. The molecule has 1 aliphatic rings. The fraction of sp³-hybridized carbons (Fsp3) is 0.250. The van der Waals surface area contributed by atoms with Crippen molar-refractivity contribution >= 4 is 27.8 Å². The molecule has 3 heterocycles. The van der Waals surface area contributed by atoms with Gasteiger partial charge in [0.05, 0.1) is 22.6 Å². The highest BCUT2D eigenvalue weighted by molar-refractivity contribution is 6.04. The number of amides is 1. The second-order valence-corrected chi connectivity index (χ2v) is 6.79. The van der Waals surface area contributed by atoms with Gasteiger partial charge in [0.25, 0.3) is 5.91 Å². The summed E-state index contributed by atoms with van der Waals surface area (Å²) in [5.41, 5.74) is 3.43. The van der Waals surface area contributed by atoms with Crippen LogP contribution in [0.5, 0.6) is 0 Å². The minimum atomic E-state index is -0.0305. The summed E-state index contributed by atoms with van der Waals surface area (Å²) in [6.07, 6.45) is 1.90. The van der Waals surface area contributed by atoms with Crippen LogP contribution in [-0.2, 0) is 7.05 Å². The van der Waals surface area contributed by atoms with Crippen LogP contribution in [0, 0.1) is 0 Å². The van der Waals surface area contributed by atoms with Gasteiger partial charge in [-0.05, 0) is 31.0 Å². The molecule has 1 aliphatic heterocycles. The Balaban J connectivity index is 1.56. The van der Waals surface area contributed by atoms with Gasteiger partial charge in [-0.2, -0.15) is 5.10 Å². The monoisotopic (exact) mass is 345 g/mol. The Labute approximate surface area is 150 Å². The molecule has 0 bridgehead atoms. The molecular formula is C20H19N5O. The molecule has 1 N–H and O–H groups in total. The fourth-order valence-electron chi connectivity index (χ4n) is 4.00. The van der Waals surface area contributed by atoms with Crippen LogP contribution >= 0.6 is 0 Å². The first-order chi connectivity index (χ1) is 12.7. The molecule has 26 heavy (non-hydrogen) atoms. The molecule has 5 rings (SSSR count). The molecule has 0 radical (unpaired) electrons. The first kappa shape index (κ1) is 15.1. The number of carbonyl (C=O) groups is 1. The van der Waals surface area contributed by atoms with Crippen LogP contribution in [-0.4, -0.2) is 37.1 Å². The molecule has 4 aromatic rings. The number of carbonyl (C=O) groups excluding carboxylic acids is 1. The third-order valence-corrected chi connectivity index (χ3v) is 5.31. The van der Waals surface area contributed by atoms with Crippen LogP contribution in [0.1, 0.15) is 35.2 Å². The zero-order valence-electron chi connectivity index (χ0n) is 14.5. The van der Waals surface area contributed by atoms with Gasteiger partial charge in [0, 0.05) is 19.0 Å². The van der Waals surface area contributed by atoms with Crippen molar-refractivity contribution < 1.29 is 4.79 Å². The fourth-order valence-corrected chi connectivity index (χ4v) is 4.00. The molecule has 0 unspecified atom stereocenters. The van der Waals surface area contributed by atoms with E-state index in [-0.39, 0.29) is 11.9 Å².